The molecule has 0 amide bonds. The van der Waals surface area contributed by atoms with Gasteiger partial charge in [-0.2, -0.15) is 14.3 Å². The number of nitrogens with one attached hydrogen (secondary N) is 2. The highest BCUT2D eigenvalue weighted by Crippen LogP contribution is 2.33. The Bertz CT molecular complexity index is 1680. The lowest BCUT2D eigenvalue weighted by Gasteiger charge is -2.32. The number of hydrogen-bond acceptors (Lipinski definition) is 8. The average Bonchev–Trinajstić information content (AvgIpc) is 3.47. The Balaban J connectivity index is 1.10. The second-order valence-electron chi connectivity index (χ2n) is 12.6. The van der Waals surface area contributed by atoms with Gasteiger partial charge < -0.3 is 20.9 Å². The van der Waals surface area contributed by atoms with Crippen molar-refractivity contribution in [3.8, 4) is 0 Å². The van der Waals surface area contributed by atoms with Crippen molar-refractivity contribution in [3.63, 3.8) is 0 Å². The monoisotopic (exact) mass is 602 g/mol. The Hall–Kier alpha value is -3.28. The van der Waals surface area contributed by atoms with Crippen LogP contribution in [-0.4, -0.2) is 63.5 Å². The molecule has 4 aromatic rings. The topological polar surface area (TPSA) is 131 Å². The molecule has 2 saturated carbocycles. The van der Waals surface area contributed by atoms with Crippen LogP contribution in [0.15, 0.2) is 53.7 Å². The van der Waals surface area contributed by atoms with Gasteiger partial charge in [0.1, 0.15) is 0 Å². The van der Waals surface area contributed by atoms with Crippen LogP contribution < -0.4 is 16.4 Å². The van der Waals surface area contributed by atoms with E-state index in [0.29, 0.717) is 48.9 Å². The number of nitrogens with zero attached hydrogens (tertiary/aromatic N) is 5. The summed E-state index contributed by atoms with van der Waals surface area (Å²) in [6.07, 6.45) is 13.4. The van der Waals surface area contributed by atoms with Crippen LogP contribution in [0.4, 0.5) is 11.8 Å². The van der Waals surface area contributed by atoms with E-state index in [9.17, 15) is 8.42 Å². The van der Waals surface area contributed by atoms with Crippen LogP contribution in [0.5, 0.6) is 0 Å². The third-order valence-corrected chi connectivity index (χ3v) is 11.5. The van der Waals surface area contributed by atoms with Gasteiger partial charge in [-0.15, -0.1) is 0 Å². The van der Waals surface area contributed by atoms with E-state index in [2.05, 4.69) is 15.2 Å². The van der Waals surface area contributed by atoms with Gasteiger partial charge in [0.05, 0.1) is 11.2 Å². The van der Waals surface area contributed by atoms with Gasteiger partial charge in [-0.3, -0.25) is 0 Å². The molecule has 7 rings (SSSR count). The van der Waals surface area contributed by atoms with Crippen LogP contribution in [0, 0.1) is 0 Å². The molecule has 2 aromatic heterocycles. The van der Waals surface area contributed by atoms with Gasteiger partial charge >= 0.3 is 0 Å². The van der Waals surface area contributed by atoms with Crippen molar-refractivity contribution in [2.75, 3.05) is 23.7 Å². The van der Waals surface area contributed by atoms with Crippen molar-refractivity contribution in [2.45, 2.75) is 99.7 Å². The van der Waals surface area contributed by atoms with Gasteiger partial charge in [0, 0.05) is 37.3 Å². The van der Waals surface area contributed by atoms with E-state index in [0.717, 1.165) is 66.3 Å². The first-order valence-corrected chi connectivity index (χ1v) is 17.4. The van der Waals surface area contributed by atoms with Crippen LogP contribution in [0.25, 0.3) is 21.9 Å². The molecular weight excluding hydrogens is 560 g/mol. The molecule has 0 unspecified atom stereocenters. The van der Waals surface area contributed by atoms with Crippen LogP contribution in [0.2, 0.25) is 0 Å². The minimum Gasteiger partial charge on any atom is -0.365 e. The Morgan fingerprint density at radius 2 is 1.51 bits per heavy atom. The molecule has 3 aliphatic rings. The quantitative estimate of drug-likeness (QED) is 0.255. The molecule has 11 heteroatoms. The molecule has 3 fully saturated rings. The van der Waals surface area contributed by atoms with Gasteiger partial charge in [-0.05, 0) is 74.3 Å². The molecule has 0 atom stereocenters. The molecule has 0 spiro atoms. The third-order valence-electron chi connectivity index (χ3n) is 9.65. The fourth-order valence-electron chi connectivity index (χ4n) is 7.07. The zero-order valence-electron chi connectivity index (χ0n) is 24.7. The molecule has 43 heavy (non-hydrogen) atoms. The fraction of sp³-hybridized carbons (Fsp3) is 0.531. The maximum atomic E-state index is 13.5. The predicted octanol–water partition coefficient (Wildman–Crippen LogP) is 5.43. The highest BCUT2D eigenvalue weighted by molar-refractivity contribution is 7.89. The molecule has 1 aliphatic heterocycles. The van der Waals surface area contributed by atoms with Crippen LogP contribution >= 0.6 is 0 Å². The number of nitrogens with two attached hydrogens (primary N) is 1. The summed E-state index contributed by atoms with van der Waals surface area (Å²) in [7, 11) is -3.58. The second kappa shape index (κ2) is 12.0. The Morgan fingerprint density at radius 1 is 0.791 bits per heavy atom. The normalized spacial score (nSPS) is 23.1. The summed E-state index contributed by atoms with van der Waals surface area (Å²) in [6, 6.07) is 14.3. The highest BCUT2D eigenvalue weighted by atomic mass is 32.2. The van der Waals surface area contributed by atoms with Crippen molar-refractivity contribution >= 4 is 43.7 Å². The predicted molar refractivity (Wildman–Crippen MR) is 171 cm³/mol. The van der Waals surface area contributed by atoms with Gasteiger partial charge in [0.25, 0.3) is 0 Å². The standard InChI is InChI=1S/C32H42N8O2S/c33-24-11-13-25(14-12-24)36-32-37-30(29-31(38-32)40(21-34-29)27-8-2-1-3-9-27)35-26-16-18-39(19-17-26)43(41,42)28-15-10-22-6-4-5-7-23(22)20-28/h4-7,10,15,20-21,24-27H,1-3,8-9,11-14,16-19,33H2,(H2,35,36,37,38). The molecular formula is C32H42N8O2S. The number of hydrogen-bond donors (Lipinski definition) is 3. The molecule has 4 N–H and O–H groups in total. The molecule has 0 bridgehead atoms. The molecule has 0 radical (unpaired) electrons. The van der Waals surface area contributed by atoms with E-state index in [1.165, 1.54) is 19.3 Å². The molecule has 10 nitrogen and oxygen atoms in total. The largest absolute Gasteiger partial charge is 0.365 e. The zero-order valence-corrected chi connectivity index (χ0v) is 25.5. The number of anilines is 2. The van der Waals surface area contributed by atoms with Crippen molar-refractivity contribution in [3.05, 3.63) is 48.8 Å². The summed E-state index contributed by atoms with van der Waals surface area (Å²) in [5.74, 6) is 1.36. The van der Waals surface area contributed by atoms with E-state index in [4.69, 9.17) is 20.7 Å². The molecule has 1 saturated heterocycles. The minimum absolute atomic E-state index is 0.0847. The summed E-state index contributed by atoms with van der Waals surface area (Å²) in [6.45, 7) is 0.899. The number of fused-ring (bicyclic) bond motifs is 2. The van der Waals surface area contributed by atoms with E-state index < -0.39 is 10.0 Å². The molecule has 3 heterocycles. The first-order valence-electron chi connectivity index (χ1n) is 16.0. The maximum absolute atomic E-state index is 13.5. The lowest BCUT2D eigenvalue weighted by atomic mass is 9.92. The molecule has 228 valence electrons. The number of benzene rings is 2. The van der Waals surface area contributed by atoms with Gasteiger partial charge in [0.2, 0.25) is 16.0 Å². The van der Waals surface area contributed by atoms with Crippen LogP contribution in [0.1, 0.15) is 76.7 Å². The maximum Gasteiger partial charge on any atom is 0.243 e. The summed E-state index contributed by atoms with van der Waals surface area (Å²) >= 11 is 0. The zero-order chi connectivity index (χ0) is 29.4. The van der Waals surface area contributed by atoms with Gasteiger partial charge in [-0.1, -0.05) is 49.6 Å². The average molecular weight is 603 g/mol. The SMILES string of the molecule is NC1CCC(Nc2nc(NC3CCN(S(=O)(=O)c4ccc5ccccc5c4)CC3)c3ncn(C4CCCCC4)c3n2)CC1. The van der Waals surface area contributed by atoms with Gasteiger partial charge in [0.15, 0.2) is 17.0 Å². The Morgan fingerprint density at radius 3 is 2.28 bits per heavy atom. The van der Waals surface area contributed by atoms with E-state index in [1.807, 2.05) is 36.7 Å². The highest BCUT2D eigenvalue weighted by Gasteiger charge is 2.31. The summed E-state index contributed by atoms with van der Waals surface area (Å²) in [5, 5.41) is 9.22. The first-order chi connectivity index (χ1) is 20.9. The fourth-order valence-corrected chi connectivity index (χ4v) is 8.57. The molecule has 2 aliphatic carbocycles. The van der Waals surface area contributed by atoms with Crippen molar-refractivity contribution < 1.29 is 8.42 Å². The number of rotatable bonds is 7. The summed E-state index contributed by atoms with van der Waals surface area (Å²) in [4.78, 5) is 15.1. The summed E-state index contributed by atoms with van der Waals surface area (Å²) < 4.78 is 30.9. The van der Waals surface area contributed by atoms with E-state index in [-0.39, 0.29) is 12.1 Å². The van der Waals surface area contributed by atoms with Crippen molar-refractivity contribution in [2.24, 2.45) is 5.73 Å². The first kappa shape index (κ1) is 28.5. The Kier molecular flexibility index (Phi) is 7.96. The Labute approximate surface area is 253 Å². The van der Waals surface area contributed by atoms with Crippen molar-refractivity contribution in [1.82, 2.24) is 23.8 Å². The van der Waals surface area contributed by atoms with E-state index in [1.54, 1.807) is 16.4 Å². The van der Waals surface area contributed by atoms with Crippen LogP contribution in [-0.2, 0) is 10.0 Å². The smallest absolute Gasteiger partial charge is 0.243 e. The van der Waals surface area contributed by atoms with E-state index >= 15 is 0 Å². The lowest BCUT2D eigenvalue weighted by molar-refractivity contribution is 0.329. The third kappa shape index (κ3) is 5.94. The molecule has 2 aromatic carbocycles. The summed E-state index contributed by atoms with van der Waals surface area (Å²) in [5.41, 5.74) is 7.81. The lowest BCUT2D eigenvalue weighted by Crippen LogP contribution is -2.42. The number of sulfonamides is 1. The van der Waals surface area contributed by atoms with Crippen molar-refractivity contribution in [1.29, 1.82) is 0 Å². The second-order valence-corrected chi connectivity index (χ2v) is 14.5. The number of aromatic nitrogens is 4. The van der Waals surface area contributed by atoms with Gasteiger partial charge in [-0.25, -0.2) is 13.4 Å². The number of imidazole rings is 1. The minimum atomic E-state index is -3.58. The van der Waals surface area contributed by atoms with Crippen LogP contribution in [0.3, 0.4) is 0 Å². The number of piperidine rings is 1.